The first-order valence-electron chi connectivity index (χ1n) is 16.2. The summed E-state index contributed by atoms with van der Waals surface area (Å²) in [6.07, 6.45) is -3.31. The van der Waals surface area contributed by atoms with Gasteiger partial charge in [-0.2, -0.15) is 13.2 Å². The Hall–Kier alpha value is -3.86. The van der Waals surface area contributed by atoms with Crippen molar-refractivity contribution in [2.24, 2.45) is 5.92 Å². The highest BCUT2D eigenvalue weighted by Gasteiger charge is 2.32. The number of nitrogens with one attached hydrogen (secondary N) is 2. The van der Waals surface area contributed by atoms with E-state index in [2.05, 4.69) is 10.0 Å². The number of halogens is 3. The summed E-state index contributed by atoms with van der Waals surface area (Å²) in [4.78, 5) is 30.2. The van der Waals surface area contributed by atoms with Crippen molar-refractivity contribution >= 4 is 44.7 Å². The summed E-state index contributed by atoms with van der Waals surface area (Å²) in [5.41, 5.74) is -0.371. The highest BCUT2D eigenvalue weighted by Crippen LogP contribution is 2.31. The summed E-state index contributed by atoms with van der Waals surface area (Å²) in [6, 6.07) is 10.5. The van der Waals surface area contributed by atoms with Gasteiger partial charge in [0, 0.05) is 44.0 Å². The monoisotopic (exact) mass is 740 g/mol. The van der Waals surface area contributed by atoms with Crippen LogP contribution in [0, 0.1) is 5.92 Å². The molecule has 2 aromatic carbocycles. The number of thiophene rings is 1. The number of ether oxygens (including phenoxy) is 2. The number of hydrogen-bond acceptors (Lipinski definition) is 8. The molecule has 274 valence electrons. The smallest absolute Gasteiger partial charge is 0.416 e. The van der Waals surface area contributed by atoms with Gasteiger partial charge in [-0.15, -0.1) is 11.3 Å². The molecule has 0 fully saturated rings. The van der Waals surface area contributed by atoms with E-state index in [9.17, 15) is 36.3 Å². The zero-order valence-electron chi connectivity index (χ0n) is 28.3. The summed E-state index contributed by atoms with van der Waals surface area (Å²) in [5.74, 6) is -0.600. The predicted molar refractivity (Wildman–Crippen MR) is 185 cm³/mol. The fourth-order valence-corrected chi connectivity index (χ4v) is 7.43. The van der Waals surface area contributed by atoms with Crippen LogP contribution in [0.15, 0.2) is 64.2 Å². The number of urea groups is 1. The minimum Gasteiger partial charge on any atom is -0.490 e. The Bertz CT molecular complexity index is 1690. The topological polar surface area (TPSA) is 138 Å². The maximum Gasteiger partial charge on any atom is 0.416 e. The van der Waals surface area contributed by atoms with Crippen molar-refractivity contribution in [1.82, 2.24) is 9.80 Å². The van der Waals surface area contributed by atoms with Crippen LogP contribution in [-0.2, 0) is 20.9 Å². The molecule has 0 unspecified atom stereocenters. The van der Waals surface area contributed by atoms with Gasteiger partial charge in [0.05, 0.1) is 36.0 Å². The second-order valence-electron chi connectivity index (χ2n) is 12.4. The molecule has 4 rings (SSSR count). The largest absolute Gasteiger partial charge is 0.490 e. The summed E-state index contributed by atoms with van der Waals surface area (Å²) in [7, 11) is -2.37. The van der Waals surface area contributed by atoms with Gasteiger partial charge in [-0.25, -0.2) is 13.2 Å². The fourth-order valence-electron chi connectivity index (χ4n) is 5.38. The first-order chi connectivity index (χ1) is 23.6. The lowest BCUT2D eigenvalue weighted by Gasteiger charge is -2.35. The van der Waals surface area contributed by atoms with Crippen molar-refractivity contribution in [1.29, 1.82) is 0 Å². The Labute approximate surface area is 294 Å². The van der Waals surface area contributed by atoms with E-state index >= 15 is 0 Å². The third kappa shape index (κ3) is 10.3. The molecule has 0 spiro atoms. The number of amides is 3. The number of aliphatic hydroxyl groups is 1. The van der Waals surface area contributed by atoms with Crippen LogP contribution in [0.25, 0.3) is 0 Å². The second-order valence-corrected chi connectivity index (χ2v) is 15.3. The van der Waals surface area contributed by atoms with E-state index in [-0.39, 0.29) is 58.6 Å². The van der Waals surface area contributed by atoms with Crippen molar-refractivity contribution in [3.05, 3.63) is 71.1 Å². The van der Waals surface area contributed by atoms with Crippen LogP contribution < -0.4 is 14.8 Å². The molecule has 0 saturated carbocycles. The molecule has 3 aromatic rings. The number of aliphatic hydroxyl groups excluding tert-OH is 1. The molecule has 1 aliphatic heterocycles. The van der Waals surface area contributed by atoms with Crippen molar-refractivity contribution in [2.45, 2.75) is 68.7 Å². The molecule has 1 aromatic heterocycles. The van der Waals surface area contributed by atoms with Gasteiger partial charge in [-0.05, 0) is 87.0 Å². The lowest BCUT2D eigenvalue weighted by molar-refractivity contribution is -0.137. The molecule has 3 amide bonds. The molecule has 11 nitrogen and oxygen atoms in total. The van der Waals surface area contributed by atoms with Crippen LogP contribution in [0.4, 0.5) is 29.3 Å². The van der Waals surface area contributed by atoms with Crippen LogP contribution in [-0.4, -0.2) is 86.9 Å². The Kier molecular flexibility index (Phi) is 13.2. The van der Waals surface area contributed by atoms with Crippen molar-refractivity contribution < 1.29 is 45.8 Å². The fraction of sp³-hybridized carbons (Fsp3) is 0.471. The van der Waals surface area contributed by atoms with E-state index in [4.69, 9.17) is 9.47 Å². The molecule has 0 radical (unpaired) electrons. The predicted octanol–water partition coefficient (Wildman–Crippen LogP) is 6.53. The molecular formula is C34H43F3N4O7S2. The van der Waals surface area contributed by atoms with Gasteiger partial charge >= 0.3 is 12.2 Å². The Morgan fingerprint density at radius 3 is 2.46 bits per heavy atom. The molecule has 0 bridgehead atoms. The van der Waals surface area contributed by atoms with E-state index in [0.717, 1.165) is 29.9 Å². The van der Waals surface area contributed by atoms with E-state index in [1.165, 1.54) is 47.2 Å². The van der Waals surface area contributed by atoms with Gasteiger partial charge in [0.1, 0.15) is 9.96 Å². The molecule has 50 heavy (non-hydrogen) atoms. The second kappa shape index (κ2) is 16.9. The van der Waals surface area contributed by atoms with Gasteiger partial charge in [0.2, 0.25) is 0 Å². The van der Waals surface area contributed by atoms with Gasteiger partial charge in [0.15, 0.2) is 0 Å². The number of carbonyl (C=O) groups excluding carboxylic acids is 2. The van der Waals surface area contributed by atoms with E-state index in [0.29, 0.717) is 19.4 Å². The normalized spacial score (nSPS) is 20.2. The maximum atomic E-state index is 14.3. The van der Waals surface area contributed by atoms with Crippen LogP contribution in [0.1, 0.15) is 56.0 Å². The van der Waals surface area contributed by atoms with Gasteiger partial charge < -0.3 is 29.7 Å². The van der Waals surface area contributed by atoms with Crippen LogP contribution >= 0.6 is 11.3 Å². The zero-order valence-corrected chi connectivity index (χ0v) is 29.9. The van der Waals surface area contributed by atoms with E-state index < -0.39 is 45.8 Å². The first-order valence-corrected chi connectivity index (χ1v) is 18.5. The molecule has 4 atom stereocenters. The van der Waals surface area contributed by atoms with Crippen LogP contribution in [0.2, 0.25) is 0 Å². The number of hydrogen-bond donors (Lipinski definition) is 3. The molecule has 0 aliphatic carbocycles. The van der Waals surface area contributed by atoms with Crippen molar-refractivity contribution in [2.75, 3.05) is 43.4 Å². The molecule has 16 heteroatoms. The highest BCUT2D eigenvalue weighted by molar-refractivity contribution is 7.94. The summed E-state index contributed by atoms with van der Waals surface area (Å²) < 4.78 is 80.0. The maximum absolute atomic E-state index is 14.3. The third-order valence-electron chi connectivity index (χ3n) is 8.33. The average Bonchev–Trinajstić information content (AvgIpc) is 3.62. The SMILES string of the molecule is C[C@@H]1CN([C@@H](C)CO)C(=O)c2cc(NS(=O)(=O)c3cccs3)ccc2O[C@@H](C)CCCCO[C@@H]1CN(C)C(=O)Nc1ccc(C(F)(F)F)cc1. The number of rotatable bonds is 8. The number of anilines is 2. The molecule has 2 heterocycles. The quantitative estimate of drug-likeness (QED) is 0.239. The van der Waals surface area contributed by atoms with Gasteiger partial charge in [-0.1, -0.05) is 13.0 Å². The minimum atomic E-state index is -4.50. The van der Waals surface area contributed by atoms with Crippen molar-refractivity contribution in [3.63, 3.8) is 0 Å². The number of benzene rings is 2. The lowest BCUT2D eigenvalue weighted by Crippen LogP contribution is -2.48. The summed E-state index contributed by atoms with van der Waals surface area (Å²) in [5, 5.41) is 14.4. The van der Waals surface area contributed by atoms with E-state index in [1.807, 2.05) is 13.8 Å². The Morgan fingerprint density at radius 2 is 1.82 bits per heavy atom. The number of sulfonamides is 1. The third-order valence-corrected chi connectivity index (χ3v) is 11.1. The van der Waals surface area contributed by atoms with E-state index in [1.54, 1.807) is 24.4 Å². The minimum absolute atomic E-state index is 0.0912. The molecular weight excluding hydrogens is 698 g/mol. The number of likely N-dealkylation sites (N-methyl/N-ethyl adjacent to an activating group) is 1. The number of nitrogens with zero attached hydrogens (tertiary/aromatic N) is 2. The standard InChI is InChI=1S/C34H43F3N4O7S2/c1-22-19-41(23(2)21-42)32(43)28-18-27(39-50(45,46)31-9-7-17-49-31)14-15-29(28)48-24(3)8-5-6-16-47-30(22)20-40(4)33(44)38-26-12-10-25(11-13-26)34(35,36)37/h7,9-15,17-18,22-24,30,39,42H,5-6,8,16,19-21H2,1-4H3,(H,38,44)/t22-,23+,24+,30-/m1/s1. The number of carbonyl (C=O) groups is 2. The number of fused-ring (bicyclic) bond motifs is 1. The Morgan fingerprint density at radius 1 is 1.12 bits per heavy atom. The highest BCUT2D eigenvalue weighted by atomic mass is 32.2. The van der Waals surface area contributed by atoms with Crippen LogP contribution in [0.5, 0.6) is 5.75 Å². The number of alkyl halides is 3. The molecule has 0 saturated heterocycles. The molecule has 1 aliphatic rings. The molecule has 3 N–H and O–H groups in total. The van der Waals surface area contributed by atoms with Gasteiger partial charge in [0.25, 0.3) is 15.9 Å². The average molecular weight is 741 g/mol. The first kappa shape index (κ1) is 38.9. The van der Waals surface area contributed by atoms with Crippen LogP contribution in [0.3, 0.4) is 0 Å². The summed E-state index contributed by atoms with van der Waals surface area (Å²) >= 11 is 1.06. The lowest BCUT2D eigenvalue weighted by atomic mass is 10.0. The van der Waals surface area contributed by atoms with Gasteiger partial charge in [-0.3, -0.25) is 9.52 Å². The summed E-state index contributed by atoms with van der Waals surface area (Å²) in [6.45, 7) is 5.60. The van der Waals surface area contributed by atoms with Crippen molar-refractivity contribution in [3.8, 4) is 5.75 Å². The Balaban J connectivity index is 1.58. The zero-order chi connectivity index (χ0) is 36.6.